The summed E-state index contributed by atoms with van der Waals surface area (Å²) in [6.45, 7) is 2.58. The zero-order valence-corrected chi connectivity index (χ0v) is 9.57. The van der Waals surface area contributed by atoms with E-state index in [-0.39, 0.29) is 5.91 Å². The average molecular weight is 224 g/mol. The number of hydrogen-bond acceptors (Lipinski definition) is 2. The number of carbonyl (C=O) groups is 1. The third kappa shape index (κ3) is 2.56. The first-order valence-corrected chi connectivity index (χ1v) is 5.92. The molecule has 1 unspecified atom stereocenters. The van der Waals surface area contributed by atoms with Crippen LogP contribution in [0, 0.1) is 5.92 Å². The van der Waals surface area contributed by atoms with Crippen molar-refractivity contribution in [2.45, 2.75) is 13.0 Å². The lowest BCUT2D eigenvalue weighted by atomic mass is 10.1. The van der Waals surface area contributed by atoms with E-state index < -0.39 is 0 Å². The highest BCUT2D eigenvalue weighted by Gasteiger charge is 2.27. The number of hydrogen-bond donors (Lipinski definition) is 1. The second-order valence-corrected chi connectivity index (χ2v) is 4.38. The predicted molar refractivity (Wildman–Crippen MR) is 63.0 cm³/mol. The van der Waals surface area contributed by atoms with Crippen molar-refractivity contribution in [3.63, 3.8) is 0 Å². The maximum Gasteiger partial charge on any atom is 0.223 e. The van der Waals surface area contributed by atoms with Crippen LogP contribution in [0.25, 0.3) is 0 Å². The van der Waals surface area contributed by atoms with Gasteiger partial charge in [0.15, 0.2) is 0 Å². The fourth-order valence-corrected chi connectivity index (χ4v) is 2.19. The van der Waals surface area contributed by atoms with Crippen molar-refractivity contribution in [2.24, 2.45) is 5.92 Å². The van der Waals surface area contributed by atoms with Gasteiger partial charge in [0.05, 0.1) is 0 Å². The molecule has 1 aromatic rings. The predicted octanol–water partition coefficient (Wildman–Crippen LogP) is 1.27. The van der Waals surface area contributed by atoms with Crippen molar-refractivity contribution in [3.05, 3.63) is 24.5 Å². The number of thiol groups is 1. The summed E-state index contributed by atoms with van der Waals surface area (Å²) in [6.07, 6.45) is 4.72. The first-order chi connectivity index (χ1) is 7.29. The molecule has 0 saturated carbocycles. The van der Waals surface area contributed by atoms with Crippen LogP contribution in [0.3, 0.4) is 0 Å². The Morgan fingerprint density at radius 3 is 2.67 bits per heavy atom. The number of likely N-dealkylation sites (tertiary alicyclic amines) is 1. The van der Waals surface area contributed by atoms with E-state index in [1.54, 1.807) is 0 Å². The second kappa shape index (κ2) is 4.75. The van der Waals surface area contributed by atoms with E-state index in [1.807, 2.05) is 29.4 Å². The SMILES string of the molecule is O=C1CC(CS)CN1CCn1cccc1. The molecule has 2 heterocycles. The molecule has 0 radical (unpaired) electrons. The maximum atomic E-state index is 11.6. The molecule has 2 rings (SSSR count). The normalized spacial score (nSPS) is 21.3. The lowest BCUT2D eigenvalue weighted by Crippen LogP contribution is -2.28. The number of rotatable bonds is 4. The Labute approximate surface area is 95.5 Å². The molecule has 15 heavy (non-hydrogen) atoms. The van der Waals surface area contributed by atoms with Crippen molar-refractivity contribution >= 4 is 18.5 Å². The molecule has 4 heteroatoms. The summed E-state index contributed by atoms with van der Waals surface area (Å²) >= 11 is 4.24. The highest BCUT2D eigenvalue weighted by molar-refractivity contribution is 7.80. The van der Waals surface area contributed by atoms with Gasteiger partial charge in [-0.1, -0.05) is 0 Å². The zero-order chi connectivity index (χ0) is 10.7. The second-order valence-electron chi connectivity index (χ2n) is 4.01. The fourth-order valence-electron chi connectivity index (χ4n) is 1.95. The minimum atomic E-state index is 0.279. The Morgan fingerprint density at radius 2 is 2.07 bits per heavy atom. The van der Waals surface area contributed by atoms with Gasteiger partial charge in [-0.25, -0.2) is 0 Å². The van der Waals surface area contributed by atoms with Gasteiger partial charge in [0, 0.05) is 38.4 Å². The summed E-state index contributed by atoms with van der Waals surface area (Å²) in [4.78, 5) is 13.5. The minimum absolute atomic E-state index is 0.279. The van der Waals surface area contributed by atoms with Crippen LogP contribution in [-0.4, -0.2) is 34.2 Å². The Kier molecular flexibility index (Phi) is 3.36. The first kappa shape index (κ1) is 10.6. The molecule has 0 bridgehead atoms. The quantitative estimate of drug-likeness (QED) is 0.766. The Balaban J connectivity index is 1.83. The van der Waals surface area contributed by atoms with E-state index in [0.717, 1.165) is 25.4 Å². The standard InChI is InChI=1S/C11H16N2OS/c14-11-7-10(9-15)8-13(11)6-5-12-3-1-2-4-12/h1-4,10,15H,5-9H2. The Morgan fingerprint density at radius 1 is 1.33 bits per heavy atom. The van der Waals surface area contributed by atoms with Crippen LogP contribution < -0.4 is 0 Å². The van der Waals surface area contributed by atoms with Crippen LogP contribution in [0.1, 0.15) is 6.42 Å². The van der Waals surface area contributed by atoms with Crippen LogP contribution in [0.15, 0.2) is 24.5 Å². The Hall–Kier alpha value is -0.900. The molecule has 0 aromatic carbocycles. The number of amides is 1. The van der Waals surface area contributed by atoms with Crippen LogP contribution >= 0.6 is 12.6 Å². The molecule has 0 aliphatic carbocycles. The summed E-state index contributed by atoms with van der Waals surface area (Å²) < 4.78 is 2.10. The van der Waals surface area contributed by atoms with E-state index in [0.29, 0.717) is 12.3 Å². The molecule has 1 fully saturated rings. The lowest BCUT2D eigenvalue weighted by Gasteiger charge is -2.16. The van der Waals surface area contributed by atoms with Crippen molar-refractivity contribution in [1.82, 2.24) is 9.47 Å². The molecule has 1 amide bonds. The van der Waals surface area contributed by atoms with E-state index in [9.17, 15) is 4.79 Å². The van der Waals surface area contributed by atoms with E-state index in [2.05, 4.69) is 17.2 Å². The molecule has 1 aromatic heterocycles. The summed E-state index contributed by atoms with van der Waals surface area (Å²) in [5.41, 5.74) is 0. The zero-order valence-electron chi connectivity index (χ0n) is 8.67. The molecular formula is C11H16N2OS. The topological polar surface area (TPSA) is 25.2 Å². The van der Waals surface area contributed by atoms with Gasteiger partial charge >= 0.3 is 0 Å². The van der Waals surface area contributed by atoms with E-state index in [4.69, 9.17) is 0 Å². The van der Waals surface area contributed by atoms with Gasteiger partial charge in [-0.15, -0.1) is 0 Å². The highest BCUT2D eigenvalue weighted by Crippen LogP contribution is 2.18. The van der Waals surface area contributed by atoms with Gasteiger partial charge < -0.3 is 9.47 Å². The summed E-state index contributed by atoms with van der Waals surface area (Å²) in [7, 11) is 0. The third-order valence-corrected chi connectivity index (χ3v) is 3.36. The molecule has 1 aliphatic heterocycles. The molecule has 1 saturated heterocycles. The number of nitrogens with zero attached hydrogens (tertiary/aromatic N) is 2. The summed E-state index contributed by atoms with van der Waals surface area (Å²) in [5.74, 6) is 1.54. The summed E-state index contributed by atoms with van der Waals surface area (Å²) in [6, 6.07) is 4.00. The van der Waals surface area contributed by atoms with Crippen molar-refractivity contribution in [2.75, 3.05) is 18.8 Å². The van der Waals surface area contributed by atoms with Crippen molar-refractivity contribution < 1.29 is 4.79 Å². The van der Waals surface area contributed by atoms with E-state index in [1.165, 1.54) is 0 Å². The summed E-state index contributed by atoms with van der Waals surface area (Å²) in [5, 5.41) is 0. The molecule has 82 valence electrons. The maximum absolute atomic E-state index is 11.6. The van der Waals surface area contributed by atoms with E-state index >= 15 is 0 Å². The smallest absolute Gasteiger partial charge is 0.223 e. The van der Waals surface area contributed by atoms with Crippen LogP contribution in [0.5, 0.6) is 0 Å². The molecule has 1 atom stereocenters. The number of aromatic nitrogens is 1. The first-order valence-electron chi connectivity index (χ1n) is 5.29. The monoisotopic (exact) mass is 224 g/mol. The van der Waals surface area contributed by atoms with Gasteiger partial charge in [-0.3, -0.25) is 4.79 Å². The van der Waals surface area contributed by atoms with Gasteiger partial charge in [0.1, 0.15) is 0 Å². The van der Waals surface area contributed by atoms with Crippen molar-refractivity contribution in [1.29, 1.82) is 0 Å². The van der Waals surface area contributed by atoms with Gasteiger partial charge in [0.2, 0.25) is 5.91 Å². The molecular weight excluding hydrogens is 208 g/mol. The van der Waals surface area contributed by atoms with Gasteiger partial charge in [-0.05, 0) is 23.8 Å². The third-order valence-electron chi connectivity index (χ3n) is 2.85. The van der Waals surface area contributed by atoms with Gasteiger partial charge in [-0.2, -0.15) is 12.6 Å². The molecule has 0 N–H and O–H groups in total. The average Bonchev–Trinajstić information content (AvgIpc) is 2.84. The highest BCUT2D eigenvalue weighted by atomic mass is 32.1. The lowest BCUT2D eigenvalue weighted by molar-refractivity contribution is -0.127. The fraction of sp³-hybridized carbons (Fsp3) is 0.545. The molecule has 3 nitrogen and oxygen atoms in total. The Bertz CT molecular complexity index is 323. The molecule has 1 aliphatic rings. The minimum Gasteiger partial charge on any atom is -0.352 e. The van der Waals surface area contributed by atoms with Crippen LogP contribution in [0.4, 0.5) is 0 Å². The van der Waals surface area contributed by atoms with Crippen LogP contribution in [-0.2, 0) is 11.3 Å². The van der Waals surface area contributed by atoms with Crippen LogP contribution in [0.2, 0.25) is 0 Å². The van der Waals surface area contributed by atoms with Gasteiger partial charge in [0.25, 0.3) is 0 Å². The number of carbonyl (C=O) groups excluding carboxylic acids is 1. The largest absolute Gasteiger partial charge is 0.352 e. The molecule has 0 spiro atoms. The van der Waals surface area contributed by atoms with Crippen molar-refractivity contribution in [3.8, 4) is 0 Å².